The number of rotatable bonds is 6. The van der Waals surface area contributed by atoms with Crippen LogP contribution in [0.5, 0.6) is 0 Å². The van der Waals surface area contributed by atoms with E-state index in [1.807, 2.05) is 67.6 Å². The zero-order valence-electron chi connectivity index (χ0n) is 14.6. The number of carbonyl (C=O) groups is 2. The van der Waals surface area contributed by atoms with E-state index in [0.29, 0.717) is 5.13 Å². The Balaban J connectivity index is 1.73. The number of hydrogen-bond acceptors (Lipinski definition) is 6. The van der Waals surface area contributed by atoms with Gasteiger partial charge in [-0.25, -0.2) is 0 Å². The predicted molar refractivity (Wildman–Crippen MR) is 108 cm³/mol. The highest BCUT2D eigenvalue weighted by Crippen LogP contribution is 2.25. The largest absolute Gasteiger partial charge is 0.337 e. The molecule has 3 aromatic rings. The first-order valence-corrected chi connectivity index (χ1v) is 10.2. The summed E-state index contributed by atoms with van der Waals surface area (Å²) in [6.45, 7) is 2.01. The minimum absolute atomic E-state index is 0.307. The van der Waals surface area contributed by atoms with Crippen LogP contribution in [0.25, 0.3) is 0 Å². The number of benzene rings is 2. The Morgan fingerprint density at radius 1 is 0.963 bits per heavy atom. The van der Waals surface area contributed by atoms with E-state index in [4.69, 9.17) is 0 Å². The standard InChI is InChI=1S/C19H18N4O2S2/c1-2-26-19-23-22-18(27-19)21-17(25)16(24)20-15(13-9-5-3-6-10-13)14-11-7-4-8-12-14/h3-12,15H,2H2,1H3,(H,20,24)(H,21,22,25). The number of aromatic nitrogens is 2. The molecule has 1 aromatic heterocycles. The van der Waals surface area contributed by atoms with Gasteiger partial charge >= 0.3 is 11.8 Å². The van der Waals surface area contributed by atoms with Crippen molar-refractivity contribution in [2.24, 2.45) is 0 Å². The topological polar surface area (TPSA) is 84.0 Å². The molecule has 2 aromatic carbocycles. The summed E-state index contributed by atoms with van der Waals surface area (Å²) in [7, 11) is 0. The summed E-state index contributed by atoms with van der Waals surface area (Å²) in [6.07, 6.45) is 0. The van der Waals surface area contributed by atoms with Crippen LogP contribution >= 0.6 is 23.1 Å². The van der Waals surface area contributed by atoms with Crippen LogP contribution in [-0.2, 0) is 9.59 Å². The number of hydrogen-bond donors (Lipinski definition) is 2. The van der Waals surface area contributed by atoms with Gasteiger partial charge in [0.2, 0.25) is 5.13 Å². The van der Waals surface area contributed by atoms with Gasteiger partial charge < -0.3 is 5.32 Å². The van der Waals surface area contributed by atoms with Crippen molar-refractivity contribution in [3.63, 3.8) is 0 Å². The van der Waals surface area contributed by atoms with Crippen LogP contribution < -0.4 is 10.6 Å². The van der Waals surface area contributed by atoms with Crippen LogP contribution in [0.3, 0.4) is 0 Å². The summed E-state index contributed by atoms with van der Waals surface area (Å²) >= 11 is 2.77. The average molecular weight is 399 g/mol. The van der Waals surface area contributed by atoms with Crippen molar-refractivity contribution in [1.82, 2.24) is 15.5 Å². The van der Waals surface area contributed by atoms with E-state index < -0.39 is 17.9 Å². The van der Waals surface area contributed by atoms with E-state index in [1.54, 1.807) is 0 Å². The third-order valence-electron chi connectivity index (χ3n) is 3.64. The molecule has 138 valence electrons. The molecule has 0 bridgehead atoms. The van der Waals surface area contributed by atoms with E-state index >= 15 is 0 Å². The van der Waals surface area contributed by atoms with Crippen LogP contribution in [0.1, 0.15) is 24.1 Å². The van der Waals surface area contributed by atoms with Gasteiger partial charge in [-0.1, -0.05) is 90.7 Å². The third kappa shape index (κ3) is 5.15. The molecule has 0 spiro atoms. The van der Waals surface area contributed by atoms with Crippen molar-refractivity contribution >= 4 is 40.0 Å². The smallest absolute Gasteiger partial charge is 0.315 e. The fraction of sp³-hybridized carbons (Fsp3) is 0.158. The minimum atomic E-state index is -0.768. The van der Waals surface area contributed by atoms with Gasteiger partial charge in [0.15, 0.2) is 4.34 Å². The number of nitrogens with zero attached hydrogens (tertiary/aromatic N) is 2. The molecule has 0 saturated heterocycles. The number of thioether (sulfide) groups is 1. The monoisotopic (exact) mass is 398 g/mol. The van der Waals surface area contributed by atoms with Gasteiger partial charge in [0.25, 0.3) is 0 Å². The van der Waals surface area contributed by atoms with Crippen molar-refractivity contribution in [2.45, 2.75) is 17.3 Å². The van der Waals surface area contributed by atoms with Crippen LogP contribution in [0.2, 0.25) is 0 Å². The summed E-state index contributed by atoms with van der Waals surface area (Å²) in [5.41, 5.74) is 1.78. The second-order valence-electron chi connectivity index (χ2n) is 5.49. The second kappa shape index (κ2) is 9.29. The highest BCUT2D eigenvalue weighted by Gasteiger charge is 2.22. The zero-order valence-corrected chi connectivity index (χ0v) is 16.2. The van der Waals surface area contributed by atoms with Crippen molar-refractivity contribution < 1.29 is 9.59 Å². The summed E-state index contributed by atoms with van der Waals surface area (Å²) in [4.78, 5) is 24.8. The molecule has 0 unspecified atom stereocenters. The predicted octanol–water partition coefficient (Wildman–Crippen LogP) is 3.49. The molecular weight excluding hydrogens is 380 g/mol. The molecule has 0 aliphatic carbocycles. The quantitative estimate of drug-likeness (QED) is 0.377. The highest BCUT2D eigenvalue weighted by atomic mass is 32.2. The van der Waals surface area contributed by atoms with E-state index in [9.17, 15) is 9.59 Å². The van der Waals surface area contributed by atoms with Gasteiger partial charge in [-0.15, -0.1) is 10.2 Å². The molecule has 2 N–H and O–H groups in total. The Bertz CT molecular complexity index is 861. The fourth-order valence-electron chi connectivity index (χ4n) is 2.44. The van der Waals surface area contributed by atoms with Crippen LogP contribution in [0, 0.1) is 0 Å². The molecule has 3 rings (SSSR count). The normalized spacial score (nSPS) is 10.6. The summed E-state index contributed by atoms with van der Waals surface area (Å²) < 4.78 is 0.750. The van der Waals surface area contributed by atoms with Gasteiger partial charge in [0.1, 0.15) is 0 Å². The molecule has 0 fully saturated rings. The molecule has 6 nitrogen and oxygen atoms in total. The number of nitrogens with one attached hydrogen (secondary N) is 2. The fourth-order valence-corrected chi connectivity index (χ4v) is 4.09. The molecule has 2 amide bonds. The van der Waals surface area contributed by atoms with E-state index in [2.05, 4.69) is 20.8 Å². The van der Waals surface area contributed by atoms with Crippen molar-refractivity contribution in [1.29, 1.82) is 0 Å². The molecule has 8 heteroatoms. The maximum atomic E-state index is 12.5. The minimum Gasteiger partial charge on any atom is -0.337 e. The lowest BCUT2D eigenvalue weighted by Crippen LogP contribution is -2.38. The van der Waals surface area contributed by atoms with E-state index in [0.717, 1.165) is 21.2 Å². The van der Waals surface area contributed by atoms with E-state index in [-0.39, 0.29) is 0 Å². The molecule has 0 radical (unpaired) electrons. The van der Waals surface area contributed by atoms with Crippen molar-refractivity contribution in [3.05, 3.63) is 71.8 Å². The Morgan fingerprint density at radius 3 is 2.11 bits per heavy atom. The van der Waals surface area contributed by atoms with Gasteiger partial charge in [-0.3, -0.25) is 14.9 Å². The molecule has 0 atom stereocenters. The lowest BCUT2D eigenvalue weighted by atomic mass is 9.99. The lowest BCUT2D eigenvalue weighted by molar-refractivity contribution is -0.136. The van der Waals surface area contributed by atoms with Crippen LogP contribution in [0.15, 0.2) is 65.0 Å². The Hall–Kier alpha value is -2.71. The van der Waals surface area contributed by atoms with E-state index in [1.165, 1.54) is 23.1 Å². The summed E-state index contributed by atoms with van der Waals surface area (Å²) in [5.74, 6) is -0.637. The molecule has 0 aliphatic rings. The zero-order chi connectivity index (χ0) is 19.1. The average Bonchev–Trinajstić information content (AvgIpc) is 3.14. The molecule has 1 heterocycles. The lowest BCUT2D eigenvalue weighted by Gasteiger charge is -2.19. The molecular formula is C19H18N4O2S2. The maximum absolute atomic E-state index is 12.5. The van der Waals surface area contributed by atoms with Crippen molar-refractivity contribution in [2.75, 3.05) is 11.1 Å². The number of carbonyl (C=O) groups excluding carboxylic acids is 2. The molecule has 0 aliphatic heterocycles. The summed E-state index contributed by atoms with van der Waals surface area (Å²) in [6, 6.07) is 18.6. The van der Waals surface area contributed by atoms with Crippen LogP contribution in [-0.4, -0.2) is 27.8 Å². The molecule has 0 saturated carbocycles. The number of amides is 2. The number of anilines is 1. The van der Waals surface area contributed by atoms with Crippen LogP contribution in [0.4, 0.5) is 5.13 Å². The first kappa shape index (κ1) is 19.1. The first-order chi connectivity index (χ1) is 13.2. The third-order valence-corrected chi connectivity index (χ3v) is 5.50. The first-order valence-electron chi connectivity index (χ1n) is 8.35. The van der Waals surface area contributed by atoms with Gasteiger partial charge in [0, 0.05) is 0 Å². The molecule has 27 heavy (non-hydrogen) atoms. The Labute approximate surface area is 165 Å². The van der Waals surface area contributed by atoms with Gasteiger partial charge in [-0.05, 0) is 16.9 Å². The van der Waals surface area contributed by atoms with Gasteiger partial charge in [-0.2, -0.15) is 0 Å². The van der Waals surface area contributed by atoms with Crippen molar-refractivity contribution in [3.8, 4) is 0 Å². The Morgan fingerprint density at radius 2 is 1.56 bits per heavy atom. The SMILES string of the molecule is CCSc1nnc(NC(=O)C(=O)NC(c2ccccc2)c2ccccc2)s1. The Kier molecular flexibility index (Phi) is 6.56. The summed E-state index contributed by atoms with van der Waals surface area (Å²) in [5, 5.41) is 13.5. The highest BCUT2D eigenvalue weighted by molar-refractivity contribution is 8.01. The second-order valence-corrected chi connectivity index (χ2v) is 7.98. The van der Waals surface area contributed by atoms with Gasteiger partial charge in [0.05, 0.1) is 6.04 Å². The maximum Gasteiger partial charge on any atom is 0.315 e.